The SMILES string of the molecule is CC1Oc2ccccc2N(CCC(=O)Nc2ccc(Br)cc2Br)C1=O. The molecule has 0 radical (unpaired) electrons. The first kappa shape index (κ1) is 17.9. The number of anilines is 2. The first-order valence-electron chi connectivity index (χ1n) is 7.77. The summed E-state index contributed by atoms with van der Waals surface area (Å²) in [5.74, 6) is 0.356. The van der Waals surface area contributed by atoms with Crippen molar-refractivity contribution in [1.82, 2.24) is 0 Å². The zero-order valence-electron chi connectivity index (χ0n) is 13.5. The van der Waals surface area contributed by atoms with Crippen LogP contribution in [0, 0.1) is 0 Å². The van der Waals surface area contributed by atoms with Crippen LogP contribution in [0.2, 0.25) is 0 Å². The van der Waals surface area contributed by atoms with Gasteiger partial charge in [0.05, 0.1) is 11.4 Å². The number of rotatable bonds is 4. The minimum Gasteiger partial charge on any atom is -0.479 e. The lowest BCUT2D eigenvalue weighted by Gasteiger charge is -2.32. The van der Waals surface area contributed by atoms with Gasteiger partial charge in [0.15, 0.2) is 6.10 Å². The number of nitrogens with one attached hydrogen (secondary N) is 1. The van der Waals surface area contributed by atoms with E-state index in [9.17, 15) is 9.59 Å². The van der Waals surface area contributed by atoms with Crippen LogP contribution in [0.1, 0.15) is 13.3 Å². The Morgan fingerprint density at radius 1 is 1.24 bits per heavy atom. The number of halogens is 2. The van der Waals surface area contributed by atoms with Crippen molar-refractivity contribution in [2.24, 2.45) is 0 Å². The maximum atomic E-state index is 12.4. The number of hydrogen-bond acceptors (Lipinski definition) is 3. The van der Waals surface area contributed by atoms with Crippen LogP contribution in [-0.4, -0.2) is 24.5 Å². The fourth-order valence-corrected chi connectivity index (χ4v) is 3.75. The standard InChI is InChI=1S/C18H16Br2N2O3/c1-11-18(24)22(15-4-2-3-5-16(15)25-11)9-8-17(23)21-14-7-6-12(19)10-13(14)20/h2-7,10-11H,8-9H2,1H3,(H,21,23). The van der Waals surface area contributed by atoms with Gasteiger partial charge in [-0.15, -0.1) is 0 Å². The normalized spacial score (nSPS) is 16.2. The third-order valence-electron chi connectivity index (χ3n) is 3.84. The second-order valence-corrected chi connectivity index (χ2v) is 7.41. The van der Waals surface area contributed by atoms with Crippen LogP contribution in [0.3, 0.4) is 0 Å². The highest BCUT2D eigenvalue weighted by atomic mass is 79.9. The van der Waals surface area contributed by atoms with E-state index in [4.69, 9.17) is 4.74 Å². The number of hydrogen-bond donors (Lipinski definition) is 1. The van der Waals surface area contributed by atoms with Gasteiger partial charge in [-0.3, -0.25) is 9.59 Å². The van der Waals surface area contributed by atoms with Crippen LogP contribution >= 0.6 is 31.9 Å². The molecular weight excluding hydrogens is 452 g/mol. The summed E-state index contributed by atoms with van der Waals surface area (Å²) in [5.41, 5.74) is 1.39. The minimum absolute atomic E-state index is 0.142. The third-order valence-corrected chi connectivity index (χ3v) is 4.99. The van der Waals surface area contributed by atoms with Crippen molar-refractivity contribution in [3.63, 3.8) is 0 Å². The number of ether oxygens (including phenoxy) is 1. The van der Waals surface area contributed by atoms with Crippen LogP contribution < -0.4 is 15.0 Å². The fraction of sp³-hybridized carbons (Fsp3) is 0.222. The van der Waals surface area contributed by atoms with Crippen LogP contribution in [0.15, 0.2) is 51.4 Å². The molecule has 7 heteroatoms. The van der Waals surface area contributed by atoms with Crippen LogP contribution in [0.25, 0.3) is 0 Å². The molecule has 1 heterocycles. The van der Waals surface area contributed by atoms with Crippen molar-refractivity contribution >= 4 is 55.0 Å². The second kappa shape index (κ2) is 7.58. The molecule has 1 N–H and O–H groups in total. The third kappa shape index (κ3) is 4.04. The van der Waals surface area contributed by atoms with Gasteiger partial charge < -0.3 is 15.0 Å². The number of para-hydroxylation sites is 2. The molecule has 2 amide bonds. The fourth-order valence-electron chi connectivity index (χ4n) is 2.61. The molecule has 0 saturated carbocycles. The van der Waals surface area contributed by atoms with E-state index in [1.165, 1.54) is 0 Å². The highest BCUT2D eigenvalue weighted by Crippen LogP contribution is 2.33. The minimum atomic E-state index is -0.557. The van der Waals surface area contributed by atoms with E-state index in [0.29, 0.717) is 23.7 Å². The Balaban J connectivity index is 1.68. The first-order valence-corrected chi connectivity index (χ1v) is 9.36. The smallest absolute Gasteiger partial charge is 0.267 e. The Morgan fingerprint density at radius 3 is 2.76 bits per heavy atom. The summed E-state index contributed by atoms with van der Waals surface area (Å²) in [5, 5.41) is 2.85. The quantitative estimate of drug-likeness (QED) is 0.726. The van der Waals surface area contributed by atoms with E-state index in [-0.39, 0.29) is 18.2 Å². The van der Waals surface area contributed by atoms with Gasteiger partial charge in [0.2, 0.25) is 5.91 Å². The predicted octanol–water partition coefficient (Wildman–Crippen LogP) is 4.35. The van der Waals surface area contributed by atoms with E-state index in [1.807, 2.05) is 42.5 Å². The summed E-state index contributed by atoms with van der Waals surface area (Å²) in [7, 11) is 0. The highest BCUT2D eigenvalue weighted by molar-refractivity contribution is 9.11. The van der Waals surface area contributed by atoms with E-state index in [0.717, 1.165) is 8.95 Å². The van der Waals surface area contributed by atoms with Crippen LogP contribution in [0.4, 0.5) is 11.4 Å². The average Bonchev–Trinajstić information content (AvgIpc) is 2.58. The molecule has 130 valence electrons. The molecule has 25 heavy (non-hydrogen) atoms. The predicted molar refractivity (Wildman–Crippen MR) is 104 cm³/mol. The highest BCUT2D eigenvalue weighted by Gasteiger charge is 2.31. The summed E-state index contributed by atoms with van der Waals surface area (Å²) in [6, 6.07) is 12.9. The molecule has 0 fully saturated rings. The van der Waals surface area contributed by atoms with E-state index in [2.05, 4.69) is 37.2 Å². The van der Waals surface area contributed by atoms with Gasteiger partial charge in [-0.25, -0.2) is 0 Å². The number of carbonyl (C=O) groups excluding carboxylic acids is 2. The van der Waals surface area contributed by atoms with Gasteiger partial charge in [0, 0.05) is 21.9 Å². The average molecular weight is 468 g/mol. The van der Waals surface area contributed by atoms with Crippen molar-refractivity contribution in [3.05, 3.63) is 51.4 Å². The lowest BCUT2D eigenvalue weighted by molar-refractivity contribution is -0.125. The summed E-state index contributed by atoms with van der Waals surface area (Å²) in [6.07, 6.45) is -0.367. The molecular formula is C18H16Br2N2O3. The number of nitrogens with zero attached hydrogens (tertiary/aromatic N) is 1. The van der Waals surface area contributed by atoms with Crippen LogP contribution in [-0.2, 0) is 9.59 Å². The zero-order valence-corrected chi connectivity index (χ0v) is 16.6. The largest absolute Gasteiger partial charge is 0.479 e. The number of amides is 2. The molecule has 0 spiro atoms. The number of fused-ring (bicyclic) bond motifs is 1. The molecule has 0 aromatic heterocycles. The molecule has 2 aromatic rings. The first-order chi connectivity index (χ1) is 12.0. The van der Waals surface area contributed by atoms with E-state index in [1.54, 1.807) is 11.8 Å². The van der Waals surface area contributed by atoms with Crippen molar-refractivity contribution in [2.75, 3.05) is 16.8 Å². The summed E-state index contributed by atoms with van der Waals surface area (Å²) in [4.78, 5) is 26.3. The van der Waals surface area contributed by atoms with Crippen molar-refractivity contribution in [2.45, 2.75) is 19.4 Å². The molecule has 0 bridgehead atoms. The molecule has 3 rings (SSSR count). The Morgan fingerprint density at radius 2 is 2.00 bits per heavy atom. The maximum absolute atomic E-state index is 12.4. The van der Waals surface area contributed by atoms with Gasteiger partial charge >= 0.3 is 0 Å². The van der Waals surface area contributed by atoms with Gasteiger partial charge in [-0.1, -0.05) is 28.1 Å². The monoisotopic (exact) mass is 466 g/mol. The molecule has 1 aliphatic rings. The van der Waals surface area contributed by atoms with Gasteiger partial charge in [-0.05, 0) is 53.2 Å². The molecule has 1 aliphatic heterocycles. The zero-order chi connectivity index (χ0) is 18.0. The summed E-state index contributed by atoms with van der Waals surface area (Å²) < 4.78 is 7.31. The Bertz CT molecular complexity index is 826. The number of benzene rings is 2. The van der Waals surface area contributed by atoms with Crippen molar-refractivity contribution in [3.8, 4) is 5.75 Å². The Labute approximate surface area is 162 Å². The molecule has 1 atom stereocenters. The van der Waals surface area contributed by atoms with E-state index >= 15 is 0 Å². The molecule has 0 saturated heterocycles. The molecule has 0 aliphatic carbocycles. The lowest BCUT2D eigenvalue weighted by Crippen LogP contribution is -2.45. The molecule has 2 aromatic carbocycles. The van der Waals surface area contributed by atoms with Crippen LogP contribution in [0.5, 0.6) is 5.75 Å². The topological polar surface area (TPSA) is 58.6 Å². The lowest BCUT2D eigenvalue weighted by atomic mass is 10.1. The summed E-state index contributed by atoms with van der Waals surface area (Å²) >= 11 is 6.79. The van der Waals surface area contributed by atoms with Gasteiger partial charge in [-0.2, -0.15) is 0 Å². The summed E-state index contributed by atoms with van der Waals surface area (Å²) in [6.45, 7) is 2.01. The number of carbonyl (C=O) groups is 2. The Kier molecular flexibility index (Phi) is 5.44. The maximum Gasteiger partial charge on any atom is 0.267 e. The van der Waals surface area contributed by atoms with E-state index < -0.39 is 6.10 Å². The van der Waals surface area contributed by atoms with Gasteiger partial charge in [0.1, 0.15) is 5.75 Å². The molecule has 5 nitrogen and oxygen atoms in total. The molecule has 1 unspecified atom stereocenters. The van der Waals surface area contributed by atoms with Crippen molar-refractivity contribution in [1.29, 1.82) is 0 Å². The second-order valence-electron chi connectivity index (χ2n) is 5.64. The van der Waals surface area contributed by atoms with Gasteiger partial charge in [0.25, 0.3) is 5.91 Å². The van der Waals surface area contributed by atoms with Crippen molar-refractivity contribution < 1.29 is 14.3 Å². The Hall–Kier alpha value is -1.86.